The van der Waals surface area contributed by atoms with Gasteiger partial charge in [-0.2, -0.15) is 0 Å². The molecule has 1 aromatic heterocycles. The van der Waals surface area contributed by atoms with Crippen LogP contribution in [0.2, 0.25) is 0 Å². The van der Waals surface area contributed by atoms with Crippen LogP contribution < -0.4 is 14.8 Å². The average Bonchev–Trinajstić information content (AvgIpc) is 3.16. The molecule has 1 aliphatic heterocycles. The van der Waals surface area contributed by atoms with Crippen LogP contribution in [0.4, 0.5) is 10.5 Å². The molecule has 1 aliphatic rings. The van der Waals surface area contributed by atoms with E-state index in [0.29, 0.717) is 17.2 Å². The quantitative estimate of drug-likeness (QED) is 0.940. The highest BCUT2D eigenvalue weighted by atomic mass is 32.1. The molecule has 3 rings (SSSR count). The minimum Gasteiger partial charge on any atom is -0.454 e. The molecule has 0 radical (unpaired) electrons. The number of rotatable bonds is 3. The van der Waals surface area contributed by atoms with Gasteiger partial charge in [-0.25, -0.2) is 4.79 Å². The molecule has 2 aromatic rings. The zero-order chi connectivity index (χ0) is 14.8. The third kappa shape index (κ3) is 2.80. The number of thiophene rings is 1. The highest BCUT2D eigenvalue weighted by Gasteiger charge is 2.19. The molecule has 2 amide bonds. The molecule has 0 saturated heterocycles. The summed E-state index contributed by atoms with van der Waals surface area (Å²) in [5.41, 5.74) is 0.689. The molecule has 0 saturated carbocycles. The number of carbonyl (C=O) groups is 1. The van der Waals surface area contributed by atoms with Crippen molar-refractivity contribution in [3.63, 3.8) is 0 Å². The maximum Gasteiger partial charge on any atom is 0.322 e. The van der Waals surface area contributed by atoms with Crippen LogP contribution in [-0.2, 0) is 0 Å². The lowest BCUT2D eigenvalue weighted by molar-refractivity contribution is 0.174. The predicted molar refractivity (Wildman–Crippen MR) is 82.1 cm³/mol. The van der Waals surface area contributed by atoms with Crippen LogP contribution in [-0.4, -0.2) is 24.8 Å². The van der Waals surface area contributed by atoms with Crippen molar-refractivity contribution in [2.45, 2.75) is 13.0 Å². The minimum atomic E-state index is -0.158. The first-order valence-corrected chi connectivity index (χ1v) is 7.50. The van der Waals surface area contributed by atoms with Gasteiger partial charge in [0.15, 0.2) is 11.5 Å². The molecule has 1 atom stereocenters. The molecule has 21 heavy (non-hydrogen) atoms. The van der Waals surface area contributed by atoms with E-state index < -0.39 is 0 Å². The van der Waals surface area contributed by atoms with E-state index in [1.807, 2.05) is 24.4 Å². The fourth-order valence-corrected chi connectivity index (χ4v) is 2.91. The smallest absolute Gasteiger partial charge is 0.322 e. The third-order valence-electron chi connectivity index (χ3n) is 3.48. The van der Waals surface area contributed by atoms with Gasteiger partial charge in [0.25, 0.3) is 0 Å². The van der Waals surface area contributed by atoms with Crippen molar-refractivity contribution in [2.24, 2.45) is 0 Å². The number of urea groups is 1. The Hall–Kier alpha value is -2.21. The van der Waals surface area contributed by atoms with E-state index in [-0.39, 0.29) is 18.9 Å². The molecule has 1 N–H and O–H groups in total. The van der Waals surface area contributed by atoms with Crippen LogP contribution in [0.3, 0.4) is 0 Å². The Morgan fingerprint density at radius 1 is 1.33 bits per heavy atom. The van der Waals surface area contributed by atoms with Crippen molar-refractivity contribution in [1.82, 2.24) is 4.90 Å². The van der Waals surface area contributed by atoms with E-state index in [1.165, 1.54) is 0 Å². The van der Waals surface area contributed by atoms with Gasteiger partial charge in [-0.3, -0.25) is 0 Å². The first-order valence-electron chi connectivity index (χ1n) is 6.62. The van der Waals surface area contributed by atoms with Gasteiger partial charge >= 0.3 is 6.03 Å². The normalized spacial score (nSPS) is 13.8. The largest absolute Gasteiger partial charge is 0.454 e. The molecule has 0 aliphatic carbocycles. The molecule has 1 aromatic carbocycles. The van der Waals surface area contributed by atoms with Gasteiger partial charge in [0, 0.05) is 23.7 Å². The standard InChI is InChI=1S/C15H16N2O3S/c1-10(14-4-3-7-21-14)17(2)15(18)16-11-5-6-12-13(8-11)20-9-19-12/h3-8,10H,9H2,1-2H3,(H,16,18)/t10-/m0/s1. The van der Waals surface area contributed by atoms with E-state index in [0.717, 1.165) is 4.88 Å². The number of hydrogen-bond donors (Lipinski definition) is 1. The zero-order valence-corrected chi connectivity index (χ0v) is 12.6. The van der Waals surface area contributed by atoms with Crippen molar-refractivity contribution < 1.29 is 14.3 Å². The summed E-state index contributed by atoms with van der Waals surface area (Å²) in [6.07, 6.45) is 0. The van der Waals surface area contributed by atoms with Crippen LogP contribution in [0.1, 0.15) is 17.8 Å². The summed E-state index contributed by atoms with van der Waals surface area (Å²) >= 11 is 1.64. The maximum absolute atomic E-state index is 12.3. The van der Waals surface area contributed by atoms with E-state index in [1.54, 1.807) is 41.5 Å². The Balaban J connectivity index is 1.68. The topological polar surface area (TPSA) is 50.8 Å². The van der Waals surface area contributed by atoms with Crippen LogP contribution in [0.15, 0.2) is 35.7 Å². The fraction of sp³-hybridized carbons (Fsp3) is 0.267. The Kier molecular flexibility index (Phi) is 3.70. The van der Waals surface area contributed by atoms with Crippen LogP contribution >= 0.6 is 11.3 Å². The number of benzene rings is 1. The SMILES string of the molecule is C[C@@H](c1cccs1)N(C)C(=O)Nc1ccc2c(c1)OCO2. The fourth-order valence-electron chi connectivity index (χ4n) is 2.08. The number of carbonyl (C=O) groups excluding carboxylic acids is 1. The summed E-state index contributed by atoms with van der Waals surface area (Å²) in [5, 5.41) is 4.88. The Morgan fingerprint density at radius 3 is 2.90 bits per heavy atom. The van der Waals surface area contributed by atoms with E-state index in [2.05, 4.69) is 5.32 Å². The zero-order valence-electron chi connectivity index (χ0n) is 11.8. The Bertz CT molecular complexity index is 642. The van der Waals surface area contributed by atoms with Crippen LogP contribution in [0.5, 0.6) is 11.5 Å². The van der Waals surface area contributed by atoms with Crippen molar-refractivity contribution in [1.29, 1.82) is 0 Å². The van der Waals surface area contributed by atoms with Crippen LogP contribution in [0.25, 0.3) is 0 Å². The van der Waals surface area contributed by atoms with Gasteiger partial charge in [-0.1, -0.05) is 6.07 Å². The molecule has 0 bridgehead atoms. The molecule has 0 spiro atoms. The second-order valence-corrected chi connectivity index (χ2v) is 5.78. The number of hydrogen-bond acceptors (Lipinski definition) is 4. The first kappa shape index (κ1) is 13.8. The lowest BCUT2D eigenvalue weighted by atomic mass is 10.2. The number of fused-ring (bicyclic) bond motifs is 1. The van der Waals surface area contributed by atoms with Crippen molar-refractivity contribution in [2.75, 3.05) is 19.2 Å². The summed E-state index contributed by atoms with van der Waals surface area (Å²) in [6.45, 7) is 2.23. The predicted octanol–water partition coefficient (Wildman–Crippen LogP) is 3.70. The average molecular weight is 304 g/mol. The van der Waals surface area contributed by atoms with Crippen LogP contribution in [0, 0.1) is 0 Å². The molecule has 0 unspecified atom stereocenters. The van der Waals surface area contributed by atoms with Gasteiger partial charge in [0.05, 0.1) is 6.04 Å². The highest BCUT2D eigenvalue weighted by molar-refractivity contribution is 7.10. The Labute approximate surface area is 127 Å². The monoisotopic (exact) mass is 304 g/mol. The van der Waals surface area contributed by atoms with Crippen molar-refractivity contribution in [3.8, 4) is 11.5 Å². The van der Waals surface area contributed by atoms with Gasteiger partial charge in [0.1, 0.15) is 0 Å². The number of amides is 2. The molecule has 6 heteroatoms. The Morgan fingerprint density at radius 2 is 2.14 bits per heavy atom. The van der Waals surface area contributed by atoms with Gasteiger partial charge in [-0.05, 0) is 30.5 Å². The lowest BCUT2D eigenvalue weighted by Gasteiger charge is -2.24. The molecule has 2 heterocycles. The summed E-state index contributed by atoms with van der Waals surface area (Å²) in [7, 11) is 1.78. The number of ether oxygens (including phenoxy) is 2. The van der Waals surface area contributed by atoms with Gasteiger partial charge in [-0.15, -0.1) is 11.3 Å². The molecular weight excluding hydrogens is 288 g/mol. The van der Waals surface area contributed by atoms with Crippen molar-refractivity contribution in [3.05, 3.63) is 40.6 Å². The molecular formula is C15H16N2O3S. The molecule has 110 valence electrons. The summed E-state index contributed by atoms with van der Waals surface area (Å²) in [4.78, 5) is 15.1. The van der Waals surface area contributed by atoms with E-state index >= 15 is 0 Å². The second-order valence-electron chi connectivity index (χ2n) is 4.80. The highest BCUT2D eigenvalue weighted by Crippen LogP contribution is 2.34. The number of anilines is 1. The number of nitrogens with one attached hydrogen (secondary N) is 1. The van der Waals surface area contributed by atoms with E-state index in [4.69, 9.17) is 9.47 Å². The van der Waals surface area contributed by atoms with E-state index in [9.17, 15) is 4.79 Å². The first-order chi connectivity index (χ1) is 10.1. The molecule has 5 nitrogen and oxygen atoms in total. The summed E-state index contributed by atoms with van der Waals surface area (Å²) < 4.78 is 10.6. The van der Waals surface area contributed by atoms with Crippen molar-refractivity contribution >= 4 is 23.1 Å². The summed E-state index contributed by atoms with van der Waals surface area (Å²) in [5.74, 6) is 1.36. The third-order valence-corrected chi connectivity index (χ3v) is 4.52. The van der Waals surface area contributed by atoms with Gasteiger partial charge in [0.2, 0.25) is 6.79 Å². The maximum atomic E-state index is 12.3. The number of nitrogens with zero attached hydrogens (tertiary/aromatic N) is 1. The second kappa shape index (κ2) is 5.65. The minimum absolute atomic E-state index is 0.0269. The lowest BCUT2D eigenvalue weighted by Crippen LogP contribution is -2.33. The molecule has 0 fully saturated rings. The van der Waals surface area contributed by atoms with Gasteiger partial charge < -0.3 is 19.7 Å². The summed E-state index contributed by atoms with van der Waals surface area (Å²) in [6, 6.07) is 9.24.